The Labute approximate surface area is 123 Å². The van der Waals surface area contributed by atoms with Crippen molar-refractivity contribution in [2.24, 2.45) is 11.3 Å². The Balaban J connectivity index is 1.95. The maximum Gasteiger partial charge on any atom is 0.126 e. The second-order valence-electron chi connectivity index (χ2n) is 7.38. The lowest BCUT2D eigenvalue weighted by molar-refractivity contribution is 0.214. The van der Waals surface area contributed by atoms with Crippen molar-refractivity contribution in [3.05, 3.63) is 29.6 Å². The van der Waals surface area contributed by atoms with Gasteiger partial charge in [-0.25, -0.2) is 4.39 Å². The van der Waals surface area contributed by atoms with Gasteiger partial charge in [0.25, 0.3) is 0 Å². The van der Waals surface area contributed by atoms with Crippen LogP contribution in [0, 0.1) is 24.1 Å². The summed E-state index contributed by atoms with van der Waals surface area (Å²) in [6.07, 6.45) is 6.37. The third-order valence-corrected chi connectivity index (χ3v) is 4.72. The predicted octanol–water partition coefficient (Wildman–Crippen LogP) is 5.54. The van der Waals surface area contributed by atoms with Crippen molar-refractivity contribution in [3.63, 3.8) is 0 Å². The second-order valence-corrected chi connectivity index (χ2v) is 7.38. The first-order valence-electron chi connectivity index (χ1n) is 7.89. The average molecular weight is 277 g/mol. The van der Waals surface area contributed by atoms with Gasteiger partial charge in [0, 0.05) is 11.7 Å². The highest BCUT2D eigenvalue weighted by atomic mass is 19.1. The highest BCUT2D eigenvalue weighted by molar-refractivity contribution is 5.46. The summed E-state index contributed by atoms with van der Waals surface area (Å²) in [6.45, 7) is 8.89. The molecule has 0 spiro atoms. The van der Waals surface area contributed by atoms with E-state index in [1.54, 1.807) is 6.07 Å². The van der Waals surface area contributed by atoms with Crippen molar-refractivity contribution in [2.75, 3.05) is 5.32 Å². The highest BCUT2D eigenvalue weighted by Crippen LogP contribution is 2.37. The van der Waals surface area contributed by atoms with Crippen LogP contribution < -0.4 is 5.32 Å². The molecule has 2 heteroatoms. The van der Waals surface area contributed by atoms with Crippen LogP contribution in [0.15, 0.2) is 18.2 Å². The zero-order valence-electron chi connectivity index (χ0n) is 13.3. The predicted molar refractivity (Wildman–Crippen MR) is 84.6 cm³/mol. The molecule has 0 aromatic heterocycles. The summed E-state index contributed by atoms with van der Waals surface area (Å²) in [4.78, 5) is 0. The molecule has 1 N–H and O–H groups in total. The van der Waals surface area contributed by atoms with Gasteiger partial charge in [-0.05, 0) is 67.7 Å². The van der Waals surface area contributed by atoms with Gasteiger partial charge in [-0.2, -0.15) is 0 Å². The van der Waals surface area contributed by atoms with E-state index in [4.69, 9.17) is 0 Å². The van der Waals surface area contributed by atoms with Crippen molar-refractivity contribution >= 4 is 5.69 Å². The third-order valence-electron chi connectivity index (χ3n) is 4.72. The van der Waals surface area contributed by atoms with E-state index in [0.29, 0.717) is 11.5 Å². The Bertz CT molecular complexity index is 447. The molecule has 0 heterocycles. The van der Waals surface area contributed by atoms with Gasteiger partial charge in [-0.15, -0.1) is 0 Å². The number of aryl methyl sites for hydroxylation is 1. The topological polar surface area (TPSA) is 12.0 Å². The summed E-state index contributed by atoms with van der Waals surface area (Å²) in [6, 6.07) is 5.87. The molecule has 2 atom stereocenters. The Morgan fingerprint density at radius 3 is 2.50 bits per heavy atom. The van der Waals surface area contributed by atoms with Crippen LogP contribution in [-0.2, 0) is 0 Å². The van der Waals surface area contributed by atoms with E-state index in [1.807, 2.05) is 19.1 Å². The molecule has 1 aliphatic carbocycles. The van der Waals surface area contributed by atoms with E-state index in [9.17, 15) is 4.39 Å². The minimum absolute atomic E-state index is 0.121. The minimum atomic E-state index is -0.121. The lowest BCUT2D eigenvalue weighted by atomic mass is 9.76. The lowest BCUT2D eigenvalue weighted by Crippen LogP contribution is -2.21. The number of anilines is 1. The summed E-state index contributed by atoms with van der Waals surface area (Å²) in [5.74, 6) is 0.702. The van der Waals surface area contributed by atoms with Gasteiger partial charge in [0.1, 0.15) is 5.82 Å². The van der Waals surface area contributed by atoms with Crippen molar-refractivity contribution < 1.29 is 4.39 Å². The highest BCUT2D eigenvalue weighted by Gasteiger charge is 2.27. The van der Waals surface area contributed by atoms with E-state index < -0.39 is 0 Å². The van der Waals surface area contributed by atoms with Gasteiger partial charge in [0.2, 0.25) is 0 Å². The quantitative estimate of drug-likeness (QED) is 0.700. The standard InChI is InChI=1S/C18H28FN/c1-13-12-16(10-11-17(13)19)20-15-7-5-6-14(8-9-15)18(2,3)4/h10-12,14-15,20H,5-9H2,1-4H3. The van der Waals surface area contributed by atoms with Gasteiger partial charge in [-0.3, -0.25) is 0 Å². The molecule has 1 fully saturated rings. The molecule has 0 bridgehead atoms. The maximum absolute atomic E-state index is 13.3. The van der Waals surface area contributed by atoms with Crippen molar-refractivity contribution in [3.8, 4) is 0 Å². The summed E-state index contributed by atoms with van der Waals surface area (Å²) in [5.41, 5.74) is 2.20. The molecule has 1 saturated carbocycles. The molecular formula is C18H28FN. The molecule has 20 heavy (non-hydrogen) atoms. The fraction of sp³-hybridized carbons (Fsp3) is 0.667. The van der Waals surface area contributed by atoms with Crippen LogP contribution in [0.4, 0.5) is 10.1 Å². The molecule has 0 amide bonds. The van der Waals surface area contributed by atoms with E-state index >= 15 is 0 Å². The number of halogens is 1. The first kappa shape index (κ1) is 15.3. The van der Waals surface area contributed by atoms with Gasteiger partial charge in [0.05, 0.1) is 0 Å². The van der Waals surface area contributed by atoms with E-state index in [2.05, 4.69) is 26.1 Å². The molecule has 112 valence electrons. The maximum atomic E-state index is 13.3. The summed E-state index contributed by atoms with van der Waals surface area (Å²) < 4.78 is 13.3. The van der Waals surface area contributed by atoms with Crippen LogP contribution >= 0.6 is 0 Å². The molecule has 0 aliphatic heterocycles. The summed E-state index contributed by atoms with van der Waals surface area (Å²) in [7, 11) is 0. The van der Waals surface area contributed by atoms with Gasteiger partial charge in [0.15, 0.2) is 0 Å². The van der Waals surface area contributed by atoms with E-state index in [0.717, 1.165) is 17.2 Å². The van der Waals surface area contributed by atoms with Crippen LogP contribution in [0.25, 0.3) is 0 Å². The fourth-order valence-electron chi connectivity index (χ4n) is 3.28. The number of nitrogens with one attached hydrogen (secondary N) is 1. The number of rotatable bonds is 2. The second kappa shape index (κ2) is 6.15. The number of hydrogen-bond donors (Lipinski definition) is 1. The number of hydrogen-bond acceptors (Lipinski definition) is 1. The Kier molecular flexibility index (Phi) is 4.72. The van der Waals surface area contributed by atoms with Crippen molar-refractivity contribution in [1.82, 2.24) is 0 Å². The summed E-state index contributed by atoms with van der Waals surface area (Å²) >= 11 is 0. The van der Waals surface area contributed by atoms with Crippen molar-refractivity contribution in [1.29, 1.82) is 0 Å². The number of benzene rings is 1. The SMILES string of the molecule is Cc1cc(NC2CCCC(C(C)(C)C)CC2)ccc1F. The van der Waals surface area contributed by atoms with Gasteiger partial charge >= 0.3 is 0 Å². The zero-order chi connectivity index (χ0) is 14.8. The van der Waals surface area contributed by atoms with Crippen LogP contribution in [-0.4, -0.2) is 6.04 Å². The molecular weight excluding hydrogens is 249 g/mol. The lowest BCUT2D eigenvalue weighted by Gasteiger charge is -2.29. The molecule has 0 saturated heterocycles. The Hall–Kier alpha value is -1.05. The normalized spacial score (nSPS) is 24.2. The monoisotopic (exact) mass is 277 g/mol. The van der Waals surface area contributed by atoms with E-state index in [-0.39, 0.29) is 5.82 Å². The van der Waals surface area contributed by atoms with Crippen LogP contribution in [0.1, 0.15) is 58.4 Å². The largest absolute Gasteiger partial charge is 0.382 e. The average Bonchev–Trinajstić information content (AvgIpc) is 2.59. The van der Waals surface area contributed by atoms with Crippen LogP contribution in [0.5, 0.6) is 0 Å². The molecule has 0 radical (unpaired) electrons. The molecule has 2 unspecified atom stereocenters. The van der Waals surface area contributed by atoms with Crippen LogP contribution in [0.3, 0.4) is 0 Å². The van der Waals surface area contributed by atoms with Crippen LogP contribution in [0.2, 0.25) is 0 Å². The molecule has 1 aliphatic rings. The molecule has 1 nitrogen and oxygen atoms in total. The molecule has 1 aromatic rings. The molecule has 2 rings (SSSR count). The first-order chi connectivity index (χ1) is 9.36. The Morgan fingerprint density at radius 2 is 1.85 bits per heavy atom. The zero-order valence-corrected chi connectivity index (χ0v) is 13.3. The van der Waals surface area contributed by atoms with Gasteiger partial charge < -0.3 is 5.32 Å². The smallest absolute Gasteiger partial charge is 0.126 e. The third kappa shape index (κ3) is 3.97. The minimum Gasteiger partial charge on any atom is -0.382 e. The Morgan fingerprint density at radius 1 is 1.10 bits per heavy atom. The first-order valence-corrected chi connectivity index (χ1v) is 7.89. The summed E-state index contributed by atoms with van der Waals surface area (Å²) in [5, 5.41) is 3.59. The van der Waals surface area contributed by atoms with E-state index in [1.165, 1.54) is 32.1 Å². The fourth-order valence-corrected chi connectivity index (χ4v) is 3.28. The molecule has 1 aromatic carbocycles. The van der Waals surface area contributed by atoms with Crippen molar-refractivity contribution in [2.45, 2.75) is 65.8 Å². The van der Waals surface area contributed by atoms with Gasteiger partial charge in [-0.1, -0.05) is 27.2 Å².